The molecule has 8 aromatic rings. The molecule has 0 spiro atoms. The van der Waals surface area contributed by atoms with Gasteiger partial charge in [-0.05, 0) is 164 Å². The molecule has 0 bridgehead atoms. The summed E-state index contributed by atoms with van der Waals surface area (Å²) in [6, 6.07) is 34.4. The summed E-state index contributed by atoms with van der Waals surface area (Å²) in [5.41, 5.74) is 9.32. The minimum atomic E-state index is 0.815. The molecule has 0 amide bonds. The number of aromatic nitrogens is 8. The second kappa shape index (κ2) is 45.8. The maximum absolute atomic E-state index is 4.55. The predicted octanol–water partition coefficient (Wildman–Crippen LogP) is 22.7. The number of rotatable bonds is 35. The highest BCUT2D eigenvalue weighted by Crippen LogP contribution is 2.27. The van der Waals surface area contributed by atoms with Gasteiger partial charge in [0.25, 0.3) is 0 Å². The SMILES string of the molecule is CCCCCCCc1cnc(-c2ccc(SCCCC)cc2)nc1.CCCCCc1cnc(-c2ccc(SCCCC)cc2)nc1.CCCCSc1ccc(-c2ncc(CCC)cn2)cc1.CCCCSc1ccc(-c2ncc(CCCC)cn2)cc1. The summed E-state index contributed by atoms with van der Waals surface area (Å²) in [5.74, 6) is 8.06. The van der Waals surface area contributed by atoms with Crippen LogP contribution < -0.4 is 0 Å². The number of hydrogen-bond acceptors (Lipinski definition) is 12. The molecule has 0 saturated carbocycles. The standard InChI is InChI=1S/C21H30N2S.C19H26N2S.C18H24N2S.C17H22N2S/c1-3-5-7-8-9-10-18-16-22-21(23-17-18)19-11-13-20(14-12-19)24-15-6-4-2;1-3-5-7-8-16-14-20-19(21-15-16)17-9-11-18(12-10-17)22-13-6-4-2;1-3-5-7-15-13-19-18(20-14-15)16-8-10-17(11-9-16)21-12-6-4-2;1-3-5-11-20-16-9-7-15(8-10-16)17-18-12-14(6-4-2)13-19-17/h11-14,16-17H,3-10,15H2,1-2H3;9-12,14-15H,3-8,13H2,1-2H3;8-11,13-14H,3-7,12H2,1-2H3;7-10,12-13H,3-6,11H2,1-2H3. The molecular weight excluding hydrogens is 1140 g/mol. The molecule has 0 aliphatic carbocycles. The molecule has 12 heteroatoms. The number of nitrogens with zero attached hydrogens (tertiary/aromatic N) is 8. The summed E-state index contributed by atoms with van der Waals surface area (Å²) >= 11 is 7.68. The Labute approximate surface area is 543 Å². The highest BCUT2D eigenvalue weighted by molar-refractivity contribution is 8.00. The van der Waals surface area contributed by atoms with Crippen molar-refractivity contribution in [1.29, 1.82) is 0 Å². The third kappa shape index (κ3) is 29.6. The fourth-order valence-corrected chi connectivity index (χ4v) is 12.8. The lowest BCUT2D eigenvalue weighted by atomic mass is 10.1. The summed E-state index contributed by atoms with van der Waals surface area (Å²) in [6.07, 6.45) is 44.0. The monoisotopic (exact) mass is 1240 g/mol. The van der Waals surface area contributed by atoms with Gasteiger partial charge in [0.1, 0.15) is 0 Å². The molecule has 0 aliphatic rings. The average Bonchev–Trinajstić information content (AvgIpc) is 3.65. The Bertz CT molecular complexity index is 2890. The minimum Gasteiger partial charge on any atom is -0.236 e. The van der Waals surface area contributed by atoms with Gasteiger partial charge in [0.2, 0.25) is 0 Å². The van der Waals surface area contributed by atoms with E-state index in [0.29, 0.717) is 0 Å². The van der Waals surface area contributed by atoms with Crippen LogP contribution in [0, 0.1) is 0 Å². The first-order valence-electron chi connectivity index (χ1n) is 33.0. The van der Waals surface area contributed by atoms with Gasteiger partial charge < -0.3 is 0 Å². The second-order valence-electron chi connectivity index (χ2n) is 22.0. The zero-order valence-corrected chi connectivity index (χ0v) is 57.4. The van der Waals surface area contributed by atoms with Gasteiger partial charge in [-0.1, -0.05) is 181 Å². The maximum Gasteiger partial charge on any atom is 0.159 e. The van der Waals surface area contributed by atoms with Crippen molar-refractivity contribution in [2.45, 2.75) is 223 Å². The molecule has 4 heterocycles. The van der Waals surface area contributed by atoms with E-state index in [0.717, 1.165) is 77.7 Å². The topological polar surface area (TPSA) is 103 Å². The molecule has 0 saturated heterocycles. The fourth-order valence-electron chi connectivity index (χ4n) is 8.85. The first-order chi connectivity index (χ1) is 42.8. The largest absolute Gasteiger partial charge is 0.236 e. The molecule has 0 atom stereocenters. The van der Waals surface area contributed by atoms with Crippen molar-refractivity contribution in [3.05, 3.63) is 169 Å². The van der Waals surface area contributed by atoms with E-state index in [1.165, 1.54) is 180 Å². The second-order valence-corrected chi connectivity index (χ2v) is 26.7. The van der Waals surface area contributed by atoms with Crippen molar-refractivity contribution in [2.24, 2.45) is 0 Å². The quantitative estimate of drug-likeness (QED) is 0.0279. The lowest BCUT2D eigenvalue weighted by Crippen LogP contribution is -1.93. The highest BCUT2D eigenvalue weighted by Gasteiger charge is 2.08. The van der Waals surface area contributed by atoms with E-state index in [4.69, 9.17) is 0 Å². The van der Waals surface area contributed by atoms with Crippen molar-refractivity contribution in [1.82, 2.24) is 39.9 Å². The van der Waals surface area contributed by atoms with Gasteiger partial charge in [0.15, 0.2) is 23.3 Å². The van der Waals surface area contributed by atoms with Crippen molar-refractivity contribution >= 4 is 47.0 Å². The number of unbranched alkanes of at least 4 members (excludes halogenated alkanes) is 11. The molecule has 87 heavy (non-hydrogen) atoms. The Morgan fingerprint density at radius 3 is 0.690 bits per heavy atom. The van der Waals surface area contributed by atoms with E-state index in [1.807, 2.05) is 96.6 Å². The maximum atomic E-state index is 4.55. The van der Waals surface area contributed by atoms with Crippen LogP contribution in [0.15, 0.2) is 166 Å². The van der Waals surface area contributed by atoms with Gasteiger partial charge in [0.05, 0.1) is 0 Å². The van der Waals surface area contributed by atoms with Crippen LogP contribution in [0.5, 0.6) is 0 Å². The average molecular weight is 1240 g/mol. The molecule has 0 aliphatic heterocycles. The summed E-state index contributed by atoms with van der Waals surface area (Å²) in [4.78, 5) is 41.3. The number of aryl methyl sites for hydroxylation is 4. The Balaban J connectivity index is 0.000000212. The summed E-state index contributed by atoms with van der Waals surface area (Å²) < 4.78 is 0. The van der Waals surface area contributed by atoms with E-state index in [9.17, 15) is 0 Å². The van der Waals surface area contributed by atoms with E-state index in [2.05, 4.69) is 192 Å². The molecular formula is C75H102N8S4. The fraction of sp³-hybridized carbons (Fsp3) is 0.467. The van der Waals surface area contributed by atoms with Crippen molar-refractivity contribution in [3.63, 3.8) is 0 Å². The Kier molecular flexibility index (Phi) is 38.1. The first kappa shape index (κ1) is 72.3. The Morgan fingerprint density at radius 1 is 0.218 bits per heavy atom. The number of benzene rings is 4. The van der Waals surface area contributed by atoms with E-state index in [-0.39, 0.29) is 0 Å². The summed E-state index contributed by atoms with van der Waals surface area (Å²) in [6.45, 7) is 17.8. The van der Waals surface area contributed by atoms with Crippen molar-refractivity contribution in [2.75, 3.05) is 23.0 Å². The zero-order valence-electron chi connectivity index (χ0n) is 54.2. The molecule has 0 N–H and O–H groups in total. The smallest absolute Gasteiger partial charge is 0.159 e. The van der Waals surface area contributed by atoms with E-state index >= 15 is 0 Å². The van der Waals surface area contributed by atoms with Crippen molar-refractivity contribution in [3.8, 4) is 45.6 Å². The molecule has 4 aromatic heterocycles. The zero-order chi connectivity index (χ0) is 61.8. The van der Waals surface area contributed by atoms with Gasteiger partial charge in [-0.15, -0.1) is 47.0 Å². The van der Waals surface area contributed by atoms with Gasteiger partial charge >= 0.3 is 0 Å². The lowest BCUT2D eigenvalue weighted by Gasteiger charge is -2.05. The lowest BCUT2D eigenvalue weighted by molar-refractivity contribution is 0.631. The predicted molar refractivity (Wildman–Crippen MR) is 381 cm³/mol. The van der Waals surface area contributed by atoms with Gasteiger partial charge in [-0.25, -0.2) is 39.9 Å². The molecule has 4 aromatic carbocycles. The molecule has 0 fully saturated rings. The molecule has 0 radical (unpaired) electrons. The Hall–Kier alpha value is -5.40. The molecule has 466 valence electrons. The van der Waals surface area contributed by atoms with Crippen LogP contribution in [0.25, 0.3) is 45.6 Å². The minimum absolute atomic E-state index is 0.815. The van der Waals surface area contributed by atoms with Crippen LogP contribution in [0.3, 0.4) is 0 Å². The molecule has 0 unspecified atom stereocenters. The molecule has 8 nitrogen and oxygen atoms in total. The van der Waals surface area contributed by atoms with Gasteiger partial charge in [-0.3, -0.25) is 0 Å². The van der Waals surface area contributed by atoms with Crippen LogP contribution in [0.1, 0.15) is 200 Å². The van der Waals surface area contributed by atoms with Crippen LogP contribution in [-0.2, 0) is 25.7 Å². The normalized spacial score (nSPS) is 10.8. The summed E-state index contributed by atoms with van der Waals surface area (Å²) in [5, 5.41) is 0. The van der Waals surface area contributed by atoms with E-state index < -0.39 is 0 Å². The van der Waals surface area contributed by atoms with E-state index in [1.54, 1.807) is 0 Å². The van der Waals surface area contributed by atoms with Crippen LogP contribution in [-0.4, -0.2) is 62.9 Å². The van der Waals surface area contributed by atoms with Gasteiger partial charge in [0, 0.05) is 91.4 Å². The van der Waals surface area contributed by atoms with Crippen LogP contribution >= 0.6 is 47.0 Å². The Morgan fingerprint density at radius 2 is 0.437 bits per heavy atom. The first-order valence-corrected chi connectivity index (χ1v) is 36.9. The number of thioether (sulfide) groups is 4. The number of hydrogen-bond donors (Lipinski definition) is 0. The van der Waals surface area contributed by atoms with Crippen LogP contribution in [0.2, 0.25) is 0 Å². The van der Waals surface area contributed by atoms with Gasteiger partial charge in [-0.2, -0.15) is 0 Å². The van der Waals surface area contributed by atoms with Crippen LogP contribution in [0.4, 0.5) is 0 Å². The van der Waals surface area contributed by atoms with Crippen molar-refractivity contribution < 1.29 is 0 Å². The third-order valence-corrected chi connectivity index (χ3v) is 18.7. The molecule has 8 rings (SSSR count). The highest BCUT2D eigenvalue weighted by atomic mass is 32.2. The third-order valence-electron chi connectivity index (χ3n) is 14.3. The summed E-state index contributed by atoms with van der Waals surface area (Å²) in [7, 11) is 0.